The first-order valence-electron chi connectivity index (χ1n) is 28.6. The molecule has 432 valence electrons. The van der Waals surface area contributed by atoms with E-state index in [0.717, 1.165) is 75.8 Å². The number of aromatic hydroxyl groups is 1. The van der Waals surface area contributed by atoms with Crippen molar-refractivity contribution in [2.24, 2.45) is 10.8 Å². The van der Waals surface area contributed by atoms with E-state index in [-0.39, 0.29) is 65.4 Å². The number of aromatic nitrogens is 4. The lowest BCUT2D eigenvalue weighted by Crippen LogP contribution is -2.54. The van der Waals surface area contributed by atoms with Crippen molar-refractivity contribution < 1.29 is 42.9 Å². The number of piperazine rings is 1. The predicted octanol–water partition coefficient (Wildman–Crippen LogP) is 8.41. The van der Waals surface area contributed by atoms with E-state index in [1.165, 1.54) is 22.6 Å². The van der Waals surface area contributed by atoms with Crippen LogP contribution in [-0.4, -0.2) is 148 Å². The fourth-order valence-corrected chi connectivity index (χ4v) is 12.8. The summed E-state index contributed by atoms with van der Waals surface area (Å²) in [6.45, 7) is 17.0. The second kappa shape index (κ2) is 24.6. The minimum atomic E-state index is -0.685. The molecule has 0 spiro atoms. The molecule has 4 aliphatic heterocycles. The second-order valence-electron chi connectivity index (χ2n) is 23.9. The summed E-state index contributed by atoms with van der Waals surface area (Å²) in [5.74, 6) is -0.970. The van der Waals surface area contributed by atoms with Crippen molar-refractivity contribution >= 4 is 57.1 Å². The van der Waals surface area contributed by atoms with Crippen molar-refractivity contribution in [1.82, 2.24) is 45.7 Å². The molecular formula is C61H76F2N10O7S. The van der Waals surface area contributed by atoms with Crippen LogP contribution in [0.4, 0.5) is 14.6 Å². The standard InChI is InChI=1S/C48H62F2N8O6.C13H14N2OS/c1-5-34-37(49)9-6-28-20-32(60)21-35(39(28)34)41-40(50)42-36(22-51-41)44(58-23-29-7-8-30(24-58)52-29)55-46(54-42)64-27-48(14-15-48)26-56-16-11-33(12-17-56)63-19-13-38(61)53-43(47(2,3)4)45(62)57-18-10-31(59)25-57;1-9(14-7-16)11-3-5-12(6-4-11)13-10(2)15-8-17-13/h6,9,20-22,29-31,33,43,52,59-60H,5,7-8,10-19,23-27H2,1-4H3,(H,53,61);3-9H,1-2H3,(H,14,16)/t29-,30?,31?,43?;/m1./s1. The minimum absolute atomic E-state index is 0.0280. The molecule has 6 aromatic rings. The normalized spacial score (nSPS) is 20.7. The SMILES string of the molecule is CCc1c(F)ccc2cc(O)cc(-c3ncc4c(N5CC6CC[C@H](C5)N6)nc(OCC5(CN6CCC(OCCC(=O)NC(C(=O)N7CCC(O)C7)C(C)(C)C)CC6)CC5)nc4c3F)c12.Cc1ncsc1-c1ccc(C(C)NC=O)cc1. The van der Waals surface area contributed by atoms with Crippen molar-refractivity contribution in [3.63, 3.8) is 0 Å². The number of aryl methyl sites for hydroxylation is 2. The Morgan fingerprint density at radius 2 is 1.72 bits per heavy atom. The molecule has 3 aromatic heterocycles. The van der Waals surface area contributed by atoms with Gasteiger partial charge in [0.05, 0.1) is 52.9 Å². The smallest absolute Gasteiger partial charge is 0.319 e. The van der Waals surface area contributed by atoms with Gasteiger partial charge in [0.15, 0.2) is 5.82 Å². The van der Waals surface area contributed by atoms with Gasteiger partial charge in [-0.25, -0.2) is 13.8 Å². The van der Waals surface area contributed by atoms with Gasteiger partial charge in [0.1, 0.15) is 34.6 Å². The summed E-state index contributed by atoms with van der Waals surface area (Å²) in [5.41, 5.74) is 5.37. The summed E-state index contributed by atoms with van der Waals surface area (Å²) in [6.07, 6.45) is 8.66. The van der Waals surface area contributed by atoms with Crippen LogP contribution in [0.3, 0.4) is 0 Å². The number of pyridine rings is 1. The van der Waals surface area contributed by atoms with Gasteiger partial charge in [0.2, 0.25) is 18.2 Å². The first-order chi connectivity index (χ1) is 38.9. The second-order valence-corrected chi connectivity index (χ2v) is 24.8. The summed E-state index contributed by atoms with van der Waals surface area (Å²) in [4.78, 5) is 62.5. The number of carbonyl (C=O) groups excluding carboxylic acids is 3. The fraction of sp³-hybridized carbons (Fsp3) is 0.525. The number of piperidine rings is 1. The van der Waals surface area contributed by atoms with Crippen LogP contribution in [0.25, 0.3) is 43.4 Å². The van der Waals surface area contributed by atoms with Gasteiger partial charge in [-0.2, -0.15) is 9.97 Å². The number of thiazole rings is 1. The van der Waals surface area contributed by atoms with E-state index in [4.69, 9.17) is 19.4 Å². The number of aliphatic hydroxyl groups is 1. The van der Waals surface area contributed by atoms with Gasteiger partial charge >= 0.3 is 6.01 Å². The molecule has 5 atom stereocenters. The van der Waals surface area contributed by atoms with Crippen LogP contribution in [0.1, 0.15) is 109 Å². The Morgan fingerprint density at radius 3 is 2.36 bits per heavy atom. The van der Waals surface area contributed by atoms with E-state index < -0.39 is 29.2 Å². The number of benzene rings is 3. The van der Waals surface area contributed by atoms with Gasteiger partial charge in [-0.1, -0.05) is 58.0 Å². The number of carbonyl (C=O) groups is 3. The summed E-state index contributed by atoms with van der Waals surface area (Å²) < 4.78 is 44.9. The van der Waals surface area contributed by atoms with Crippen molar-refractivity contribution in [3.8, 4) is 33.5 Å². The van der Waals surface area contributed by atoms with Crippen LogP contribution in [0.15, 0.2) is 60.2 Å². The molecule has 4 saturated heterocycles. The van der Waals surface area contributed by atoms with Gasteiger partial charge in [0, 0.05) is 81.5 Å². The van der Waals surface area contributed by atoms with Crippen molar-refractivity contribution in [2.75, 3.05) is 63.9 Å². The van der Waals surface area contributed by atoms with Crippen LogP contribution >= 0.6 is 11.3 Å². The Kier molecular flexibility index (Phi) is 17.5. The Balaban J connectivity index is 0.000000370. The average molecular weight is 1130 g/mol. The van der Waals surface area contributed by atoms with E-state index >= 15 is 8.78 Å². The van der Waals surface area contributed by atoms with Crippen LogP contribution in [0.2, 0.25) is 0 Å². The number of hydrogen-bond donors (Lipinski definition) is 5. The van der Waals surface area contributed by atoms with Crippen molar-refractivity contribution in [1.29, 1.82) is 0 Å². The summed E-state index contributed by atoms with van der Waals surface area (Å²) in [7, 11) is 0. The molecule has 1 saturated carbocycles. The zero-order valence-electron chi connectivity index (χ0n) is 47.3. The maximum Gasteiger partial charge on any atom is 0.319 e. The molecule has 81 heavy (non-hydrogen) atoms. The Hall–Kier alpha value is -6.45. The first-order valence-corrected chi connectivity index (χ1v) is 29.5. The molecule has 3 aromatic carbocycles. The number of likely N-dealkylation sites (tertiary alicyclic amines) is 2. The lowest BCUT2D eigenvalue weighted by Gasteiger charge is -2.35. The monoisotopic (exact) mass is 1130 g/mol. The van der Waals surface area contributed by atoms with E-state index in [9.17, 15) is 24.6 Å². The largest absolute Gasteiger partial charge is 0.508 e. The highest BCUT2D eigenvalue weighted by Crippen LogP contribution is 2.47. The molecule has 5 fully saturated rings. The molecule has 3 amide bonds. The maximum atomic E-state index is 17.1. The van der Waals surface area contributed by atoms with Crippen molar-refractivity contribution in [3.05, 3.63) is 88.7 Å². The Labute approximate surface area is 476 Å². The van der Waals surface area contributed by atoms with E-state index in [0.29, 0.717) is 90.8 Å². The number of rotatable bonds is 18. The summed E-state index contributed by atoms with van der Waals surface area (Å²) >= 11 is 1.64. The number of hydrogen-bond acceptors (Lipinski definition) is 15. The van der Waals surface area contributed by atoms with E-state index in [1.54, 1.807) is 34.6 Å². The molecule has 4 unspecified atom stereocenters. The number of nitrogens with zero attached hydrogens (tertiary/aromatic N) is 7. The predicted molar refractivity (Wildman–Crippen MR) is 309 cm³/mol. The molecule has 0 radical (unpaired) electrons. The van der Waals surface area contributed by atoms with Crippen molar-refractivity contribution in [2.45, 2.75) is 136 Å². The summed E-state index contributed by atoms with van der Waals surface area (Å²) in [5, 5.41) is 31.5. The quantitative estimate of drug-likeness (QED) is 0.0513. The number of β-amino-alcohol motifs (C(OH)–C–C–N with tert-alkyl or cyclic N) is 1. The number of aliphatic hydroxyl groups excluding tert-OH is 1. The average Bonchev–Trinajstić information content (AvgIpc) is 3.78. The Bertz CT molecular complexity index is 3230. The molecule has 2 bridgehead atoms. The van der Waals surface area contributed by atoms with Crippen LogP contribution in [0.5, 0.6) is 11.8 Å². The van der Waals surface area contributed by atoms with Gasteiger partial charge in [-0.3, -0.25) is 19.4 Å². The molecule has 5 aliphatic rings. The lowest BCUT2D eigenvalue weighted by atomic mass is 9.85. The number of halogens is 2. The lowest BCUT2D eigenvalue weighted by molar-refractivity contribution is -0.139. The highest BCUT2D eigenvalue weighted by molar-refractivity contribution is 7.13. The number of phenolic OH excluding ortho intramolecular Hbond substituents is 1. The third-order valence-corrected chi connectivity index (χ3v) is 17.8. The maximum absolute atomic E-state index is 17.1. The van der Waals surface area contributed by atoms with Gasteiger partial charge in [-0.15, -0.1) is 11.3 Å². The third-order valence-electron chi connectivity index (χ3n) is 16.8. The molecule has 1 aliphatic carbocycles. The third kappa shape index (κ3) is 13.3. The molecule has 17 nitrogen and oxygen atoms in total. The zero-order valence-corrected chi connectivity index (χ0v) is 48.1. The fourth-order valence-electron chi connectivity index (χ4n) is 12.0. The number of anilines is 1. The molecule has 7 heterocycles. The van der Waals surface area contributed by atoms with Gasteiger partial charge < -0.3 is 50.3 Å². The molecule has 11 rings (SSSR count). The molecule has 20 heteroatoms. The zero-order chi connectivity index (χ0) is 57.2. The highest BCUT2D eigenvalue weighted by atomic mass is 32.1. The number of ether oxygens (including phenoxy) is 2. The number of amides is 3. The Morgan fingerprint density at radius 1 is 0.975 bits per heavy atom. The number of phenols is 1. The number of nitrogens with one attached hydrogen (secondary N) is 3. The number of fused-ring (bicyclic) bond motifs is 4. The van der Waals surface area contributed by atoms with Crippen LogP contribution in [0, 0.1) is 29.4 Å². The highest BCUT2D eigenvalue weighted by Gasteiger charge is 2.46. The van der Waals surface area contributed by atoms with Gasteiger partial charge in [0.25, 0.3) is 0 Å². The minimum Gasteiger partial charge on any atom is -0.508 e. The van der Waals surface area contributed by atoms with Gasteiger partial charge in [-0.05, 0) is 116 Å². The summed E-state index contributed by atoms with van der Waals surface area (Å²) in [6, 6.07) is 14.2. The molecular weight excluding hydrogens is 1050 g/mol. The van der Waals surface area contributed by atoms with Crippen LogP contribution in [-0.2, 0) is 25.5 Å². The van der Waals surface area contributed by atoms with Crippen LogP contribution < -0.4 is 25.6 Å². The first kappa shape index (κ1) is 57.8. The topological polar surface area (TPSA) is 207 Å². The molecule has 5 N–H and O–H groups in total. The van der Waals surface area contributed by atoms with E-state index in [1.807, 2.05) is 59.2 Å². The van der Waals surface area contributed by atoms with E-state index in [2.05, 4.69) is 47.9 Å².